The number of nitrogens with one attached hydrogen (secondary N) is 3. The number of ether oxygens (including phenoxy) is 2. The van der Waals surface area contributed by atoms with Crippen LogP contribution in [0.5, 0.6) is 11.5 Å². The highest BCUT2D eigenvalue weighted by Gasteiger charge is 2.27. The van der Waals surface area contributed by atoms with Gasteiger partial charge in [-0.25, -0.2) is 4.79 Å². The number of hydrogen-bond donors (Lipinski definition) is 3. The minimum atomic E-state index is -0.523. The lowest BCUT2D eigenvalue weighted by Crippen LogP contribution is -2.38. The van der Waals surface area contributed by atoms with E-state index in [0.717, 1.165) is 17.0 Å². The lowest BCUT2D eigenvalue weighted by Gasteiger charge is -2.33. The molecule has 0 saturated heterocycles. The molecule has 0 heterocycles. The maximum absolute atomic E-state index is 11.4. The summed E-state index contributed by atoms with van der Waals surface area (Å²) in [5.74, 6) is 1.24. The van der Waals surface area contributed by atoms with Crippen molar-refractivity contribution in [3.05, 3.63) is 54.1 Å². The summed E-state index contributed by atoms with van der Waals surface area (Å²) in [7, 11) is 3.16. The van der Waals surface area contributed by atoms with Crippen LogP contribution in [0.15, 0.2) is 48.5 Å². The summed E-state index contributed by atoms with van der Waals surface area (Å²) >= 11 is 5.52. The Hall–Kier alpha value is -2.80. The minimum absolute atomic E-state index is 0.0105. The smallest absolute Gasteiger partial charge is 0.412 e. The summed E-state index contributed by atoms with van der Waals surface area (Å²) in [5.41, 5.74) is 1.75. The first kappa shape index (κ1) is 21.5. The normalized spacial score (nSPS) is 11.9. The monoisotopic (exact) mass is 401 g/mol. The van der Waals surface area contributed by atoms with Gasteiger partial charge in [-0.1, -0.05) is 39.0 Å². The van der Waals surface area contributed by atoms with Crippen LogP contribution >= 0.6 is 12.2 Å². The molecule has 1 atom stereocenters. The molecule has 0 spiro atoms. The second kappa shape index (κ2) is 9.41. The molecule has 28 heavy (non-hydrogen) atoms. The van der Waals surface area contributed by atoms with Gasteiger partial charge in [0.15, 0.2) is 5.11 Å². The zero-order chi connectivity index (χ0) is 20.7. The molecule has 1 amide bonds. The Morgan fingerprint density at radius 3 is 2.32 bits per heavy atom. The van der Waals surface area contributed by atoms with Crippen LogP contribution in [0.25, 0.3) is 0 Å². The van der Waals surface area contributed by atoms with E-state index in [1.165, 1.54) is 7.05 Å². The van der Waals surface area contributed by atoms with Crippen LogP contribution in [0.4, 0.5) is 10.5 Å². The highest BCUT2D eigenvalue weighted by molar-refractivity contribution is 7.80. The summed E-state index contributed by atoms with van der Waals surface area (Å²) in [4.78, 5) is 11.4. The molecular weight excluding hydrogens is 374 g/mol. The summed E-state index contributed by atoms with van der Waals surface area (Å²) in [6.07, 6.45) is -0.523. The first-order valence-electron chi connectivity index (χ1n) is 8.94. The van der Waals surface area contributed by atoms with Gasteiger partial charge in [0.05, 0.1) is 13.2 Å². The van der Waals surface area contributed by atoms with Crippen molar-refractivity contribution < 1.29 is 14.3 Å². The topological polar surface area (TPSA) is 71.6 Å². The predicted octanol–water partition coefficient (Wildman–Crippen LogP) is 4.49. The van der Waals surface area contributed by atoms with Crippen LogP contribution in [-0.4, -0.2) is 25.4 Å². The van der Waals surface area contributed by atoms with Crippen molar-refractivity contribution in [1.29, 1.82) is 0 Å². The Morgan fingerprint density at radius 2 is 1.75 bits per heavy atom. The maximum atomic E-state index is 11.4. The fourth-order valence-electron chi connectivity index (χ4n) is 2.69. The van der Waals surface area contributed by atoms with Crippen LogP contribution in [0.1, 0.15) is 32.4 Å². The summed E-state index contributed by atoms with van der Waals surface area (Å²) in [6.45, 7) is 6.44. The van der Waals surface area contributed by atoms with Gasteiger partial charge in [0.1, 0.15) is 11.5 Å². The van der Waals surface area contributed by atoms with E-state index < -0.39 is 6.09 Å². The number of carbonyl (C=O) groups excluding carboxylic acids is 1. The van der Waals surface area contributed by atoms with E-state index in [0.29, 0.717) is 10.9 Å². The van der Waals surface area contributed by atoms with Crippen molar-refractivity contribution >= 4 is 29.1 Å². The van der Waals surface area contributed by atoms with Gasteiger partial charge in [-0.2, -0.15) is 0 Å². The van der Waals surface area contributed by atoms with Crippen molar-refractivity contribution in [2.45, 2.75) is 26.8 Å². The largest absolute Gasteiger partial charge is 0.497 e. The summed E-state index contributed by atoms with van der Waals surface area (Å²) < 4.78 is 10.4. The molecule has 1 unspecified atom stereocenters. The first-order valence-corrected chi connectivity index (χ1v) is 9.35. The summed E-state index contributed by atoms with van der Waals surface area (Å²) in [6, 6.07) is 15.0. The van der Waals surface area contributed by atoms with Gasteiger partial charge in [0.2, 0.25) is 0 Å². The molecule has 0 saturated carbocycles. The lowest BCUT2D eigenvalue weighted by molar-refractivity contribution is 0.203. The molecule has 7 heteroatoms. The van der Waals surface area contributed by atoms with Crippen LogP contribution in [-0.2, 0) is 0 Å². The van der Waals surface area contributed by atoms with Crippen LogP contribution in [0.3, 0.4) is 0 Å². The Kier molecular flexibility index (Phi) is 7.23. The van der Waals surface area contributed by atoms with E-state index in [1.54, 1.807) is 25.3 Å². The van der Waals surface area contributed by atoms with Crippen molar-refractivity contribution in [2.24, 2.45) is 5.41 Å². The number of anilines is 1. The third-order valence-electron chi connectivity index (χ3n) is 4.10. The maximum Gasteiger partial charge on any atom is 0.412 e. The fourth-order valence-corrected chi connectivity index (χ4v) is 2.93. The number of thiocarbonyl (C=S) groups is 1. The average Bonchev–Trinajstić information content (AvgIpc) is 2.65. The molecule has 2 aromatic carbocycles. The molecule has 0 bridgehead atoms. The third kappa shape index (κ3) is 6.13. The van der Waals surface area contributed by atoms with Gasteiger partial charge in [-0.15, -0.1) is 0 Å². The predicted molar refractivity (Wildman–Crippen MR) is 116 cm³/mol. The highest BCUT2D eigenvalue weighted by Crippen LogP contribution is 2.33. The average molecular weight is 402 g/mol. The SMILES string of the molecule is CNC(=O)Oc1cccc(NC(=S)NC(c2ccc(OC)cc2)C(C)(C)C)c1. The minimum Gasteiger partial charge on any atom is -0.497 e. The third-order valence-corrected chi connectivity index (χ3v) is 4.32. The number of carbonyl (C=O) groups is 1. The van der Waals surface area contributed by atoms with E-state index >= 15 is 0 Å². The molecule has 6 nitrogen and oxygen atoms in total. The Labute approximate surface area is 171 Å². The molecule has 0 aromatic heterocycles. The Balaban J connectivity index is 2.11. The van der Waals surface area contributed by atoms with E-state index in [4.69, 9.17) is 21.7 Å². The van der Waals surface area contributed by atoms with E-state index in [2.05, 4.69) is 36.7 Å². The van der Waals surface area contributed by atoms with Crippen LogP contribution in [0.2, 0.25) is 0 Å². The second-order valence-electron chi connectivity index (χ2n) is 7.34. The molecule has 0 aliphatic heterocycles. The molecule has 0 aliphatic rings. The van der Waals surface area contributed by atoms with Gasteiger partial charge in [0, 0.05) is 18.8 Å². The molecule has 3 N–H and O–H groups in total. The Bertz CT molecular complexity index is 816. The number of methoxy groups -OCH3 is 1. The second-order valence-corrected chi connectivity index (χ2v) is 7.75. The molecule has 0 radical (unpaired) electrons. The zero-order valence-electron chi connectivity index (χ0n) is 16.8. The van der Waals surface area contributed by atoms with E-state index in [9.17, 15) is 4.79 Å². The standard InChI is InChI=1S/C21H27N3O3S/c1-21(2,3)18(14-9-11-16(26-5)12-10-14)24-19(28)23-15-7-6-8-17(13-15)27-20(25)22-4/h6-13,18H,1-5H3,(H,22,25)(H2,23,24,28). The van der Waals surface area contributed by atoms with Gasteiger partial charge in [0.25, 0.3) is 0 Å². The Morgan fingerprint density at radius 1 is 1.07 bits per heavy atom. The van der Waals surface area contributed by atoms with E-state index in [1.807, 2.05) is 30.3 Å². The number of hydrogen-bond acceptors (Lipinski definition) is 4. The number of rotatable bonds is 5. The molecular formula is C21H27N3O3S. The number of benzene rings is 2. The summed E-state index contributed by atoms with van der Waals surface area (Å²) in [5, 5.41) is 9.44. The van der Waals surface area contributed by atoms with Gasteiger partial charge >= 0.3 is 6.09 Å². The van der Waals surface area contributed by atoms with Gasteiger partial charge in [-0.05, 0) is 47.5 Å². The quantitative estimate of drug-likeness (QED) is 0.642. The molecule has 2 aromatic rings. The van der Waals surface area contributed by atoms with Crippen molar-refractivity contribution in [2.75, 3.05) is 19.5 Å². The fraction of sp³-hybridized carbons (Fsp3) is 0.333. The molecule has 150 valence electrons. The lowest BCUT2D eigenvalue weighted by atomic mass is 9.82. The zero-order valence-corrected chi connectivity index (χ0v) is 17.6. The number of amides is 1. The van der Waals surface area contributed by atoms with Gasteiger partial charge in [-0.3, -0.25) is 0 Å². The molecule has 2 rings (SSSR count). The van der Waals surface area contributed by atoms with Crippen molar-refractivity contribution in [3.63, 3.8) is 0 Å². The molecule has 0 aliphatic carbocycles. The van der Waals surface area contributed by atoms with Crippen molar-refractivity contribution in [1.82, 2.24) is 10.6 Å². The first-order chi connectivity index (χ1) is 13.2. The van der Waals surface area contributed by atoms with Crippen LogP contribution in [0, 0.1) is 5.41 Å². The highest BCUT2D eigenvalue weighted by atomic mass is 32.1. The van der Waals surface area contributed by atoms with Crippen LogP contribution < -0.4 is 25.4 Å². The molecule has 0 fully saturated rings. The van der Waals surface area contributed by atoms with Gasteiger partial charge < -0.3 is 25.4 Å². The van der Waals surface area contributed by atoms with Crippen molar-refractivity contribution in [3.8, 4) is 11.5 Å². The van der Waals surface area contributed by atoms with E-state index in [-0.39, 0.29) is 11.5 Å².